The van der Waals surface area contributed by atoms with Gasteiger partial charge in [0.1, 0.15) is 17.0 Å². The molecular formula is C19H29N3O7. The molecule has 1 aliphatic carbocycles. The third-order valence-corrected chi connectivity index (χ3v) is 5.01. The minimum Gasteiger partial charge on any atom is -0.502 e. The summed E-state index contributed by atoms with van der Waals surface area (Å²) in [5, 5.41) is 19.2. The van der Waals surface area contributed by atoms with E-state index in [-0.39, 0.29) is 24.4 Å². The summed E-state index contributed by atoms with van der Waals surface area (Å²) in [6.07, 6.45) is 2.18. The Morgan fingerprint density at radius 2 is 1.86 bits per heavy atom. The number of carbonyl (C=O) groups excluding carboxylic acids is 3. The van der Waals surface area contributed by atoms with Crippen molar-refractivity contribution in [3.05, 3.63) is 21.9 Å². The van der Waals surface area contributed by atoms with Crippen LogP contribution in [0.15, 0.2) is 4.79 Å². The van der Waals surface area contributed by atoms with E-state index in [4.69, 9.17) is 14.3 Å². The van der Waals surface area contributed by atoms with E-state index in [9.17, 15) is 19.8 Å². The molecule has 0 aromatic carbocycles. The molecule has 0 atom stereocenters. The minimum atomic E-state index is -0.856. The molecule has 1 saturated carbocycles. The average molecular weight is 411 g/mol. The van der Waals surface area contributed by atoms with Crippen molar-refractivity contribution in [3.63, 3.8) is 0 Å². The summed E-state index contributed by atoms with van der Waals surface area (Å²) in [5.41, 5.74) is -1.93. The second-order valence-corrected chi connectivity index (χ2v) is 8.13. The van der Waals surface area contributed by atoms with E-state index in [1.54, 1.807) is 34.7 Å². The number of aromatic nitrogens is 2. The zero-order valence-corrected chi connectivity index (χ0v) is 17.4. The van der Waals surface area contributed by atoms with Gasteiger partial charge in [0.05, 0.1) is 5.69 Å². The first kappa shape index (κ1) is 24.3. The van der Waals surface area contributed by atoms with Crippen LogP contribution >= 0.6 is 0 Å². The van der Waals surface area contributed by atoms with Crippen LogP contribution in [0.4, 0.5) is 4.79 Å². The number of carbonyl (C=O) groups is 1. The Morgan fingerprint density at radius 1 is 1.34 bits per heavy atom. The molecule has 1 fully saturated rings. The quantitative estimate of drug-likeness (QED) is 0.676. The van der Waals surface area contributed by atoms with Crippen LogP contribution in [0.25, 0.3) is 0 Å². The predicted molar refractivity (Wildman–Crippen MR) is 101 cm³/mol. The lowest BCUT2D eigenvalue weighted by molar-refractivity contribution is -0.191. The molecule has 1 aliphatic rings. The van der Waals surface area contributed by atoms with Gasteiger partial charge in [-0.3, -0.25) is 9.69 Å². The van der Waals surface area contributed by atoms with E-state index in [0.29, 0.717) is 31.5 Å². The summed E-state index contributed by atoms with van der Waals surface area (Å²) in [4.78, 5) is 49.5. The van der Waals surface area contributed by atoms with Gasteiger partial charge in [0.2, 0.25) is 5.75 Å². The summed E-state index contributed by atoms with van der Waals surface area (Å²) in [6, 6.07) is 0. The number of nitrogens with one attached hydrogen (secondary N) is 1. The lowest BCUT2D eigenvalue weighted by Crippen LogP contribution is -2.52. The fraction of sp³-hybridized carbons (Fsp3) is 0.684. The molecule has 10 heteroatoms. The molecule has 0 radical (unpaired) electrons. The van der Waals surface area contributed by atoms with Gasteiger partial charge in [-0.1, -0.05) is 0 Å². The average Bonchev–Trinajstić information content (AvgIpc) is 2.64. The number of aryl methyl sites for hydroxylation is 1. The van der Waals surface area contributed by atoms with Crippen LogP contribution in [-0.4, -0.2) is 56.6 Å². The number of hydrogen-bond donors (Lipinski definition) is 3. The molecule has 1 aromatic heterocycles. The Bertz CT molecular complexity index is 799. The number of H-pyrrole nitrogens is 1. The molecule has 1 amide bonds. The maximum absolute atomic E-state index is 12.7. The van der Waals surface area contributed by atoms with Gasteiger partial charge >= 0.3 is 12.2 Å². The molecule has 3 N–H and O–H groups in total. The third kappa shape index (κ3) is 5.88. The molecule has 162 valence electrons. The van der Waals surface area contributed by atoms with E-state index in [1.165, 1.54) is 4.90 Å². The number of aliphatic hydroxyl groups is 1. The maximum atomic E-state index is 12.7. The number of amides is 1. The zero-order chi connectivity index (χ0) is 22.4. The summed E-state index contributed by atoms with van der Waals surface area (Å²) < 4.78 is 5.51. The van der Waals surface area contributed by atoms with Gasteiger partial charge in [0, 0.05) is 13.7 Å². The highest BCUT2D eigenvalue weighted by Crippen LogP contribution is 2.42. The standard InChI is InChI=1S/C18H29N3O5.CO2/c1-11-13(23)14(24)20-15(19-11)18(8-6-12(10-22)7-9-18)21(5)16(25)26-17(2,3)4;2-1-3/h12,22-23H,6-10H2,1-5H3,(H,19,20,24);. The van der Waals surface area contributed by atoms with Crippen molar-refractivity contribution in [2.75, 3.05) is 13.7 Å². The fourth-order valence-corrected chi connectivity index (χ4v) is 3.37. The van der Waals surface area contributed by atoms with Crippen LogP contribution in [0.5, 0.6) is 5.75 Å². The van der Waals surface area contributed by atoms with E-state index in [0.717, 1.165) is 0 Å². The summed E-state index contributed by atoms with van der Waals surface area (Å²) in [6.45, 7) is 7.01. The van der Waals surface area contributed by atoms with Crippen molar-refractivity contribution in [2.45, 2.75) is 64.5 Å². The van der Waals surface area contributed by atoms with Crippen LogP contribution in [0.2, 0.25) is 0 Å². The number of hydrogen-bond acceptors (Lipinski definition) is 8. The Morgan fingerprint density at radius 3 is 2.28 bits per heavy atom. The monoisotopic (exact) mass is 411 g/mol. The van der Waals surface area contributed by atoms with Gasteiger partial charge in [0.15, 0.2) is 0 Å². The molecule has 1 aromatic rings. The van der Waals surface area contributed by atoms with Gasteiger partial charge in [-0.05, 0) is 59.3 Å². The van der Waals surface area contributed by atoms with Gasteiger partial charge in [-0.15, -0.1) is 0 Å². The first-order valence-corrected chi connectivity index (χ1v) is 9.29. The number of aromatic hydroxyl groups is 1. The van der Waals surface area contributed by atoms with E-state index >= 15 is 0 Å². The molecule has 0 spiro atoms. The highest BCUT2D eigenvalue weighted by atomic mass is 16.6. The second kappa shape index (κ2) is 9.67. The van der Waals surface area contributed by atoms with Crippen molar-refractivity contribution in [3.8, 4) is 5.75 Å². The molecular weight excluding hydrogens is 382 g/mol. The number of aromatic amines is 1. The number of nitrogens with zero attached hydrogens (tertiary/aromatic N) is 2. The van der Waals surface area contributed by atoms with Crippen LogP contribution in [0.1, 0.15) is 58.0 Å². The molecule has 1 heterocycles. The van der Waals surface area contributed by atoms with Crippen molar-refractivity contribution < 1.29 is 29.3 Å². The fourth-order valence-electron chi connectivity index (χ4n) is 3.37. The highest BCUT2D eigenvalue weighted by Gasteiger charge is 2.46. The Labute approximate surface area is 168 Å². The predicted octanol–water partition coefficient (Wildman–Crippen LogP) is 1.45. The summed E-state index contributed by atoms with van der Waals surface area (Å²) in [5.74, 6) is 0.0653. The van der Waals surface area contributed by atoms with Gasteiger partial charge in [-0.2, -0.15) is 9.59 Å². The Kier molecular flexibility index (Phi) is 8.11. The first-order valence-electron chi connectivity index (χ1n) is 9.29. The maximum Gasteiger partial charge on any atom is 0.410 e. The number of aliphatic hydroxyl groups excluding tert-OH is 1. The molecule has 2 rings (SSSR count). The first-order chi connectivity index (χ1) is 13.4. The molecule has 10 nitrogen and oxygen atoms in total. The largest absolute Gasteiger partial charge is 0.502 e. The second-order valence-electron chi connectivity index (χ2n) is 8.13. The Hall–Kier alpha value is -2.71. The molecule has 0 bridgehead atoms. The van der Waals surface area contributed by atoms with Crippen LogP contribution in [-0.2, 0) is 19.9 Å². The highest BCUT2D eigenvalue weighted by molar-refractivity contribution is 5.69. The topological polar surface area (TPSA) is 150 Å². The number of rotatable bonds is 3. The van der Waals surface area contributed by atoms with E-state index in [1.807, 2.05) is 0 Å². The third-order valence-electron chi connectivity index (χ3n) is 5.01. The van der Waals surface area contributed by atoms with Crippen molar-refractivity contribution in [1.29, 1.82) is 0 Å². The smallest absolute Gasteiger partial charge is 0.410 e. The Balaban J connectivity index is 0.00000132. The lowest BCUT2D eigenvalue weighted by atomic mass is 9.75. The van der Waals surface area contributed by atoms with Crippen molar-refractivity contribution in [1.82, 2.24) is 14.9 Å². The van der Waals surface area contributed by atoms with Crippen LogP contribution in [0.3, 0.4) is 0 Å². The van der Waals surface area contributed by atoms with Crippen LogP contribution < -0.4 is 5.56 Å². The van der Waals surface area contributed by atoms with E-state index in [2.05, 4.69) is 9.97 Å². The molecule has 0 saturated heterocycles. The lowest BCUT2D eigenvalue weighted by Gasteiger charge is -2.45. The normalized spacial score (nSPS) is 21.4. The summed E-state index contributed by atoms with van der Waals surface area (Å²) >= 11 is 0. The van der Waals surface area contributed by atoms with Crippen molar-refractivity contribution >= 4 is 12.2 Å². The number of ether oxygens (including phenoxy) is 1. The minimum absolute atomic E-state index is 0.0881. The zero-order valence-electron chi connectivity index (χ0n) is 17.4. The van der Waals surface area contributed by atoms with Gasteiger partial charge < -0.3 is 19.9 Å². The SMILES string of the molecule is Cc1nc(C2(N(C)C(=O)OC(C)(C)C)CCC(CO)CC2)[nH]c(=O)c1O.O=C=O. The van der Waals surface area contributed by atoms with Crippen molar-refractivity contribution in [2.24, 2.45) is 5.92 Å². The van der Waals surface area contributed by atoms with Gasteiger partial charge in [0.25, 0.3) is 5.56 Å². The van der Waals surface area contributed by atoms with E-state index < -0.39 is 28.5 Å². The van der Waals surface area contributed by atoms with Gasteiger partial charge in [-0.25, -0.2) is 9.78 Å². The van der Waals surface area contributed by atoms with Crippen LogP contribution in [0, 0.1) is 12.8 Å². The molecule has 0 aliphatic heterocycles. The molecule has 29 heavy (non-hydrogen) atoms. The summed E-state index contributed by atoms with van der Waals surface area (Å²) in [7, 11) is 1.63. The molecule has 0 unspecified atom stereocenters.